The standard InChI is InChI=1S/C18H21N3O3/c1-4-24-18(23)14-7-5-6-8-15(14)21-16-10-9-13(11-19-16)20-17(22)12(2)3/h5-12H,4H2,1-3H3,(H,19,21)(H,20,22). The first-order chi connectivity index (χ1) is 11.5. The van der Waals surface area contributed by atoms with E-state index in [1.807, 2.05) is 19.9 Å². The number of nitrogens with one attached hydrogen (secondary N) is 2. The van der Waals surface area contributed by atoms with Crippen LogP contribution in [0.5, 0.6) is 0 Å². The highest BCUT2D eigenvalue weighted by Crippen LogP contribution is 2.21. The Kier molecular flexibility index (Phi) is 5.89. The molecule has 0 radical (unpaired) electrons. The molecule has 2 N–H and O–H groups in total. The minimum Gasteiger partial charge on any atom is -0.462 e. The van der Waals surface area contributed by atoms with Crippen molar-refractivity contribution in [2.75, 3.05) is 17.2 Å². The molecule has 1 heterocycles. The number of nitrogens with zero attached hydrogens (tertiary/aromatic N) is 1. The SMILES string of the molecule is CCOC(=O)c1ccccc1Nc1ccc(NC(=O)C(C)C)cn1. The van der Waals surface area contributed by atoms with Crippen LogP contribution in [0.4, 0.5) is 17.2 Å². The number of aromatic nitrogens is 1. The Morgan fingerprint density at radius 2 is 1.92 bits per heavy atom. The molecule has 0 aliphatic rings. The Morgan fingerprint density at radius 3 is 2.54 bits per heavy atom. The van der Waals surface area contributed by atoms with Gasteiger partial charge in [-0.25, -0.2) is 9.78 Å². The van der Waals surface area contributed by atoms with Crippen LogP contribution in [0.3, 0.4) is 0 Å². The molecule has 0 fully saturated rings. The summed E-state index contributed by atoms with van der Waals surface area (Å²) in [6.07, 6.45) is 1.57. The zero-order valence-electron chi connectivity index (χ0n) is 14.0. The van der Waals surface area contributed by atoms with Crippen molar-refractivity contribution >= 4 is 29.1 Å². The van der Waals surface area contributed by atoms with E-state index in [9.17, 15) is 9.59 Å². The number of pyridine rings is 1. The molecule has 0 bridgehead atoms. The Balaban J connectivity index is 2.12. The normalized spacial score (nSPS) is 10.3. The molecule has 0 saturated carbocycles. The quantitative estimate of drug-likeness (QED) is 0.792. The first kappa shape index (κ1) is 17.5. The van der Waals surface area contributed by atoms with E-state index >= 15 is 0 Å². The van der Waals surface area contributed by atoms with Gasteiger partial charge in [-0.2, -0.15) is 0 Å². The molecule has 1 aromatic heterocycles. The number of amides is 1. The van der Waals surface area contributed by atoms with Crippen molar-refractivity contribution in [3.63, 3.8) is 0 Å². The summed E-state index contributed by atoms with van der Waals surface area (Å²) in [5.74, 6) is 0.0140. The van der Waals surface area contributed by atoms with Gasteiger partial charge in [0.1, 0.15) is 5.82 Å². The summed E-state index contributed by atoms with van der Waals surface area (Å²) in [4.78, 5) is 27.9. The molecule has 0 aliphatic carbocycles. The zero-order valence-corrected chi connectivity index (χ0v) is 14.0. The largest absolute Gasteiger partial charge is 0.462 e. The molecule has 0 aliphatic heterocycles. The fourth-order valence-electron chi connectivity index (χ4n) is 1.95. The van der Waals surface area contributed by atoms with Crippen LogP contribution in [-0.4, -0.2) is 23.5 Å². The highest BCUT2D eigenvalue weighted by atomic mass is 16.5. The maximum Gasteiger partial charge on any atom is 0.340 e. The lowest BCUT2D eigenvalue weighted by atomic mass is 10.2. The van der Waals surface area contributed by atoms with Crippen LogP contribution in [0, 0.1) is 5.92 Å². The lowest BCUT2D eigenvalue weighted by molar-refractivity contribution is -0.118. The topological polar surface area (TPSA) is 80.3 Å². The molecular formula is C18H21N3O3. The van der Waals surface area contributed by atoms with Crippen molar-refractivity contribution in [3.05, 3.63) is 48.2 Å². The molecule has 0 atom stereocenters. The number of hydrogen-bond donors (Lipinski definition) is 2. The van der Waals surface area contributed by atoms with Gasteiger partial charge in [-0.15, -0.1) is 0 Å². The smallest absolute Gasteiger partial charge is 0.340 e. The molecule has 1 aromatic carbocycles. The summed E-state index contributed by atoms with van der Waals surface area (Å²) in [6.45, 7) is 5.73. The maximum absolute atomic E-state index is 12.0. The van der Waals surface area contributed by atoms with Crippen LogP contribution in [0.1, 0.15) is 31.1 Å². The summed E-state index contributed by atoms with van der Waals surface area (Å²) in [5, 5.41) is 5.87. The lowest BCUT2D eigenvalue weighted by Gasteiger charge is -2.11. The van der Waals surface area contributed by atoms with Gasteiger partial charge < -0.3 is 15.4 Å². The average molecular weight is 327 g/mol. The van der Waals surface area contributed by atoms with Crippen LogP contribution in [0.15, 0.2) is 42.6 Å². The molecular weight excluding hydrogens is 306 g/mol. The number of esters is 1. The highest BCUT2D eigenvalue weighted by Gasteiger charge is 2.12. The fraction of sp³-hybridized carbons (Fsp3) is 0.278. The summed E-state index contributed by atoms with van der Waals surface area (Å²) in [5.41, 5.74) is 1.68. The van der Waals surface area contributed by atoms with Gasteiger partial charge in [0.05, 0.1) is 29.7 Å². The third-order valence-corrected chi connectivity index (χ3v) is 3.24. The van der Waals surface area contributed by atoms with Gasteiger partial charge in [0.2, 0.25) is 5.91 Å². The minimum absolute atomic E-state index is 0.0647. The van der Waals surface area contributed by atoms with Crippen molar-refractivity contribution in [1.29, 1.82) is 0 Å². The van der Waals surface area contributed by atoms with E-state index in [0.717, 1.165) is 0 Å². The number of anilines is 3. The van der Waals surface area contributed by atoms with Gasteiger partial charge in [0.15, 0.2) is 0 Å². The molecule has 24 heavy (non-hydrogen) atoms. The molecule has 0 spiro atoms. The second kappa shape index (κ2) is 8.10. The van der Waals surface area contributed by atoms with Gasteiger partial charge >= 0.3 is 5.97 Å². The Labute approximate surface area is 141 Å². The number of benzene rings is 1. The van der Waals surface area contributed by atoms with Gasteiger partial charge in [-0.05, 0) is 31.2 Å². The van der Waals surface area contributed by atoms with Gasteiger partial charge in [0.25, 0.3) is 0 Å². The van der Waals surface area contributed by atoms with Crippen LogP contribution < -0.4 is 10.6 Å². The van der Waals surface area contributed by atoms with Crippen molar-refractivity contribution in [1.82, 2.24) is 4.98 Å². The minimum atomic E-state index is -0.388. The third kappa shape index (κ3) is 4.55. The number of hydrogen-bond acceptors (Lipinski definition) is 5. The predicted octanol–water partition coefficient (Wildman–Crippen LogP) is 3.60. The van der Waals surface area contributed by atoms with Crippen LogP contribution in [0.25, 0.3) is 0 Å². The summed E-state index contributed by atoms with van der Waals surface area (Å²) >= 11 is 0. The van der Waals surface area contributed by atoms with Crippen molar-refractivity contribution in [2.24, 2.45) is 5.92 Å². The van der Waals surface area contributed by atoms with E-state index in [-0.39, 0.29) is 17.8 Å². The number of carbonyl (C=O) groups is 2. The molecule has 6 heteroatoms. The molecule has 1 amide bonds. The first-order valence-corrected chi connectivity index (χ1v) is 7.81. The first-order valence-electron chi connectivity index (χ1n) is 7.81. The number of rotatable bonds is 6. The molecule has 2 aromatic rings. The average Bonchev–Trinajstić information content (AvgIpc) is 2.57. The summed E-state index contributed by atoms with van der Waals surface area (Å²) in [7, 11) is 0. The molecule has 6 nitrogen and oxygen atoms in total. The lowest BCUT2D eigenvalue weighted by Crippen LogP contribution is -2.17. The van der Waals surface area contributed by atoms with Crippen LogP contribution in [0.2, 0.25) is 0 Å². The maximum atomic E-state index is 12.0. The van der Waals surface area contributed by atoms with E-state index in [0.29, 0.717) is 29.4 Å². The van der Waals surface area contributed by atoms with E-state index in [1.54, 1.807) is 43.5 Å². The van der Waals surface area contributed by atoms with Crippen molar-refractivity contribution in [2.45, 2.75) is 20.8 Å². The van der Waals surface area contributed by atoms with Crippen LogP contribution >= 0.6 is 0 Å². The Bertz CT molecular complexity index is 712. The van der Waals surface area contributed by atoms with E-state index in [4.69, 9.17) is 4.74 Å². The summed E-state index contributed by atoms with van der Waals surface area (Å²) in [6, 6.07) is 10.6. The van der Waals surface area contributed by atoms with Crippen molar-refractivity contribution < 1.29 is 14.3 Å². The summed E-state index contributed by atoms with van der Waals surface area (Å²) < 4.78 is 5.04. The van der Waals surface area contributed by atoms with Gasteiger partial charge in [-0.1, -0.05) is 26.0 Å². The number of ether oxygens (including phenoxy) is 1. The second-order valence-electron chi connectivity index (χ2n) is 5.47. The zero-order chi connectivity index (χ0) is 17.5. The predicted molar refractivity (Wildman–Crippen MR) is 93.4 cm³/mol. The van der Waals surface area contributed by atoms with Gasteiger partial charge in [-0.3, -0.25) is 4.79 Å². The van der Waals surface area contributed by atoms with E-state index < -0.39 is 0 Å². The highest BCUT2D eigenvalue weighted by molar-refractivity contribution is 5.96. The molecule has 2 rings (SSSR count). The third-order valence-electron chi connectivity index (χ3n) is 3.24. The number of carbonyl (C=O) groups excluding carboxylic acids is 2. The Morgan fingerprint density at radius 1 is 1.17 bits per heavy atom. The van der Waals surface area contributed by atoms with Crippen molar-refractivity contribution in [3.8, 4) is 0 Å². The molecule has 0 unspecified atom stereocenters. The van der Waals surface area contributed by atoms with Gasteiger partial charge in [0, 0.05) is 5.92 Å². The van der Waals surface area contributed by atoms with E-state index in [1.165, 1.54) is 0 Å². The number of para-hydroxylation sites is 1. The fourth-order valence-corrected chi connectivity index (χ4v) is 1.95. The monoisotopic (exact) mass is 327 g/mol. The molecule has 126 valence electrons. The van der Waals surface area contributed by atoms with Crippen LogP contribution in [-0.2, 0) is 9.53 Å². The Hall–Kier alpha value is -2.89. The van der Waals surface area contributed by atoms with E-state index in [2.05, 4.69) is 15.6 Å². The second-order valence-corrected chi connectivity index (χ2v) is 5.47. The molecule has 0 saturated heterocycles.